The van der Waals surface area contributed by atoms with E-state index in [4.69, 9.17) is 12.2 Å². The summed E-state index contributed by atoms with van der Waals surface area (Å²) in [4.78, 5) is 11.4. The van der Waals surface area contributed by atoms with E-state index in [9.17, 15) is 4.79 Å². The van der Waals surface area contributed by atoms with E-state index in [1.54, 1.807) is 0 Å². The third kappa shape index (κ3) is 9.46. The summed E-state index contributed by atoms with van der Waals surface area (Å²) in [5.74, 6) is -0.0598. The van der Waals surface area contributed by atoms with Gasteiger partial charge in [-0.05, 0) is 46.8 Å². The highest BCUT2D eigenvalue weighted by Gasteiger charge is 2.13. The molecule has 0 aliphatic heterocycles. The molecule has 0 aromatic heterocycles. The number of carbonyl (C=O) groups is 1. The van der Waals surface area contributed by atoms with E-state index in [1.165, 1.54) is 0 Å². The SMILES string of the molecule is CC(C)NC(=S)NCC(=O)NC(C)(C)C. The highest BCUT2D eigenvalue weighted by molar-refractivity contribution is 7.80. The number of hydrogen-bond donors (Lipinski definition) is 3. The van der Waals surface area contributed by atoms with Gasteiger partial charge in [0.2, 0.25) is 5.91 Å². The average molecular weight is 231 g/mol. The summed E-state index contributed by atoms with van der Waals surface area (Å²) in [6.45, 7) is 10.0. The van der Waals surface area contributed by atoms with Gasteiger partial charge in [0.25, 0.3) is 0 Å². The molecule has 0 atom stereocenters. The number of hydrogen-bond acceptors (Lipinski definition) is 2. The molecular weight excluding hydrogens is 210 g/mol. The molecule has 3 N–H and O–H groups in total. The van der Waals surface area contributed by atoms with Gasteiger partial charge in [0, 0.05) is 11.6 Å². The summed E-state index contributed by atoms with van der Waals surface area (Å²) < 4.78 is 0. The molecule has 0 saturated carbocycles. The largest absolute Gasteiger partial charge is 0.361 e. The van der Waals surface area contributed by atoms with Crippen LogP contribution in [0.25, 0.3) is 0 Å². The van der Waals surface area contributed by atoms with E-state index >= 15 is 0 Å². The van der Waals surface area contributed by atoms with Crippen LogP contribution in [0.3, 0.4) is 0 Å². The lowest BCUT2D eigenvalue weighted by Crippen LogP contribution is -2.48. The first kappa shape index (κ1) is 14.2. The monoisotopic (exact) mass is 231 g/mol. The minimum atomic E-state index is -0.203. The van der Waals surface area contributed by atoms with Gasteiger partial charge in [-0.25, -0.2) is 0 Å². The minimum Gasteiger partial charge on any atom is -0.361 e. The van der Waals surface area contributed by atoms with Crippen LogP contribution in [-0.4, -0.2) is 29.1 Å². The molecule has 0 bridgehead atoms. The van der Waals surface area contributed by atoms with Gasteiger partial charge in [0.05, 0.1) is 6.54 Å². The molecule has 0 fully saturated rings. The molecule has 5 heteroatoms. The molecule has 0 heterocycles. The normalized spacial score (nSPS) is 11.1. The molecule has 0 aliphatic carbocycles. The van der Waals surface area contributed by atoms with Crippen LogP contribution < -0.4 is 16.0 Å². The molecule has 0 aliphatic rings. The second-order valence-electron chi connectivity index (χ2n) is 4.78. The fourth-order valence-corrected chi connectivity index (χ4v) is 1.24. The quantitative estimate of drug-likeness (QED) is 0.628. The zero-order valence-corrected chi connectivity index (χ0v) is 10.9. The van der Waals surface area contributed by atoms with Crippen molar-refractivity contribution >= 4 is 23.2 Å². The van der Waals surface area contributed by atoms with Gasteiger partial charge in [-0.15, -0.1) is 0 Å². The number of nitrogens with one attached hydrogen (secondary N) is 3. The van der Waals surface area contributed by atoms with E-state index in [0.717, 1.165) is 0 Å². The van der Waals surface area contributed by atoms with E-state index in [-0.39, 0.29) is 24.0 Å². The summed E-state index contributed by atoms with van der Waals surface area (Å²) in [6, 6.07) is 0.274. The summed E-state index contributed by atoms with van der Waals surface area (Å²) in [7, 11) is 0. The molecule has 0 unspecified atom stereocenters. The van der Waals surface area contributed by atoms with Crippen LogP contribution in [0.1, 0.15) is 34.6 Å². The van der Waals surface area contributed by atoms with Gasteiger partial charge in [-0.2, -0.15) is 0 Å². The van der Waals surface area contributed by atoms with E-state index < -0.39 is 0 Å². The molecule has 0 saturated heterocycles. The van der Waals surface area contributed by atoms with E-state index in [2.05, 4.69) is 16.0 Å². The van der Waals surface area contributed by atoms with Crippen LogP contribution in [0.4, 0.5) is 0 Å². The van der Waals surface area contributed by atoms with Crippen molar-refractivity contribution in [3.63, 3.8) is 0 Å². The van der Waals surface area contributed by atoms with Gasteiger partial charge >= 0.3 is 0 Å². The predicted octanol–water partition coefficient (Wildman–Crippen LogP) is 0.774. The Morgan fingerprint density at radius 2 is 1.87 bits per heavy atom. The lowest BCUT2D eigenvalue weighted by Gasteiger charge is -2.21. The van der Waals surface area contributed by atoms with Crippen LogP contribution in [0, 0.1) is 0 Å². The van der Waals surface area contributed by atoms with Crippen molar-refractivity contribution in [3.8, 4) is 0 Å². The Bertz CT molecular complexity index is 233. The molecule has 4 nitrogen and oxygen atoms in total. The molecule has 0 spiro atoms. The third-order valence-electron chi connectivity index (χ3n) is 1.34. The summed E-state index contributed by atoms with van der Waals surface area (Å²) in [5.41, 5.74) is -0.203. The number of amides is 1. The smallest absolute Gasteiger partial charge is 0.239 e. The van der Waals surface area contributed by atoms with Crippen LogP contribution in [0.15, 0.2) is 0 Å². The predicted molar refractivity (Wildman–Crippen MR) is 66.8 cm³/mol. The Balaban J connectivity index is 3.77. The van der Waals surface area contributed by atoms with Gasteiger partial charge in [0.15, 0.2) is 5.11 Å². The van der Waals surface area contributed by atoms with Crippen LogP contribution >= 0.6 is 12.2 Å². The molecule has 1 amide bonds. The second-order valence-corrected chi connectivity index (χ2v) is 5.19. The van der Waals surface area contributed by atoms with Crippen LogP contribution in [0.2, 0.25) is 0 Å². The van der Waals surface area contributed by atoms with Crippen molar-refractivity contribution < 1.29 is 4.79 Å². The zero-order valence-electron chi connectivity index (χ0n) is 10.1. The Hall–Kier alpha value is -0.840. The first-order valence-corrected chi connectivity index (χ1v) is 5.47. The van der Waals surface area contributed by atoms with Crippen LogP contribution in [0.5, 0.6) is 0 Å². The molecule has 88 valence electrons. The topological polar surface area (TPSA) is 53.2 Å². The lowest BCUT2D eigenvalue weighted by molar-refractivity contribution is -0.121. The fraction of sp³-hybridized carbons (Fsp3) is 0.800. The van der Waals surface area contributed by atoms with Gasteiger partial charge in [-0.1, -0.05) is 0 Å². The molecule has 15 heavy (non-hydrogen) atoms. The van der Waals surface area contributed by atoms with Crippen molar-refractivity contribution in [2.75, 3.05) is 6.54 Å². The Kier molecular flexibility index (Phi) is 5.57. The van der Waals surface area contributed by atoms with E-state index in [0.29, 0.717) is 5.11 Å². The van der Waals surface area contributed by atoms with Gasteiger partial charge < -0.3 is 16.0 Å². The first-order valence-electron chi connectivity index (χ1n) is 5.06. The van der Waals surface area contributed by atoms with Crippen molar-refractivity contribution in [1.82, 2.24) is 16.0 Å². The standard InChI is InChI=1S/C10H21N3OS/c1-7(2)12-9(15)11-6-8(14)13-10(3,4)5/h7H,6H2,1-5H3,(H,13,14)(H2,11,12,15). The number of thiocarbonyl (C=S) groups is 1. The average Bonchev–Trinajstić information content (AvgIpc) is 1.96. The molecule has 0 radical (unpaired) electrons. The molecule has 0 aromatic carbocycles. The Morgan fingerprint density at radius 3 is 2.27 bits per heavy atom. The maximum Gasteiger partial charge on any atom is 0.239 e. The highest BCUT2D eigenvalue weighted by Crippen LogP contribution is 1.96. The molecular formula is C10H21N3OS. The minimum absolute atomic E-state index is 0.0598. The van der Waals surface area contributed by atoms with Crippen molar-refractivity contribution in [1.29, 1.82) is 0 Å². The maximum atomic E-state index is 11.4. The van der Waals surface area contributed by atoms with Gasteiger partial charge in [-0.3, -0.25) is 4.79 Å². The summed E-state index contributed by atoms with van der Waals surface area (Å²) in [6.07, 6.45) is 0. The zero-order chi connectivity index (χ0) is 12.1. The maximum absolute atomic E-state index is 11.4. The van der Waals surface area contributed by atoms with Crippen LogP contribution in [-0.2, 0) is 4.79 Å². The fourth-order valence-electron chi connectivity index (χ4n) is 0.936. The number of rotatable bonds is 3. The van der Waals surface area contributed by atoms with E-state index in [1.807, 2.05) is 34.6 Å². The summed E-state index contributed by atoms with van der Waals surface area (Å²) in [5, 5.41) is 9.19. The van der Waals surface area contributed by atoms with Crippen molar-refractivity contribution in [2.45, 2.75) is 46.2 Å². The van der Waals surface area contributed by atoms with Crippen molar-refractivity contribution in [2.24, 2.45) is 0 Å². The van der Waals surface area contributed by atoms with Crippen molar-refractivity contribution in [3.05, 3.63) is 0 Å². The Morgan fingerprint density at radius 1 is 1.33 bits per heavy atom. The Labute approximate surface area is 97.2 Å². The second kappa shape index (κ2) is 5.90. The summed E-state index contributed by atoms with van der Waals surface area (Å²) >= 11 is 4.99. The molecule has 0 aromatic rings. The van der Waals surface area contributed by atoms with Gasteiger partial charge in [0.1, 0.15) is 0 Å². The highest BCUT2D eigenvalue weighted by atomic mass is 32.1. The first-order chi connectivity index (χ1) is 6.70. The molecule has 0 rings (SSSR count). The lowest BCUT2D eigenvalue weighted by atomic mass is 10.1. The number of carbonyl (C=O) groups excluding carboxylic acids is 1. The third-order valence-corrected chi connectivity index (χ3v) is 1.61.